The minimum Gasteiger partial charge on any atom is -0.399 e. The minimum atomic E-state index is -0.426. The van der Waals surface area contributed by atoms with Crippen molar-refractivity contribution in [1.29, 1.82) is 0 Å². The monoisotopic (exact) mass is 534 g/mol. The molecule has 0 aliphatic carbocycles. The van der Waals surface area contributed by atoms with Crippen LogP contribution < -0.4 is 10.9 Å². The summed E-state index contributed by atoms with van der Waals surface area (Å²) in [6.07, 6.45) is 1.68. The van der Waals surface area contributed by atoms with Crippen LogP contribution in [0.25, 0.3) is 21.5 Å². The van der Waals surface area contributed by atoms with Gasteiger partial charge in [0.15, 0.2) is 0 Å². The molecule has 0 unspecified atom stereocenters. The van der Waals surface area contributed by atoms with Gasteiger partial charge in [-0.05, 0) is 112 Å². The van der Waals surface area contributed by atoms with E-state index in [2.05, 4.69) is 128 Å². The van der Waals surface area contributed by atoms with E-state index >= 15 is 0 Å². The third kappa shape index (κ3) is 4.50. The van der Waals surface area contributed by atoms with Crippen LogP contribution in [0, 0.1) is 0 Å². The highest BCUT2D eigenvalue weighted by atomic mass is 16.7. The summed E-state index contributed by atoms with van der Waals surface area (Å²) in [5, 5.41) is 4.76. The Hall–Kier alpha value is -2.63. The summed E-state index contributed by atoms with van der Waals surface area (Å²) in [6, 6.07) is 26.0. The second-order valence-electron chi connectivity index (χ2n) is 13.4. The van der Waals surface area contributed by atoms with E-state index in [4.69, 9.17) is 18.6 Å². The van der Waals surface area contributed by atoms with Crippen LogP contribution >= 0.6 is 0 Å². The zero-order valence-electron chi connectivity index (χ0n) is 25.1. The van der Waals surface area contributed by atoms with Gasteiger partial charge in [0.1, 0.15) is 0 Å². The van der Waals surface area contributed by atoms with Crippen molar-refractivity contribution < 1.29 is 18.6 Å². The molecule has 0 atom stereocenters. The summed E-state index contributed by atoms with van der Waals surface area (Å²) in [5.41, 5.74) is 3.12. The molecule has 6 heteroatoms. The first kappa shape index (κ1) is 27.5. The van der Waals surface area contributed by atoms with Gasteiger partial charge in [0, 0.05) is 0 Å². The molecule has 0 radical (unpaired) electrons. The minimum absolute atomic E-state index is 0.409. The largest absolute Gasteiger partial charge is 0.495 e. The maximum atomic E-state index is 6.60. The Bertz CT molecular complexity index is 1440. The lowest BCUT2D eigenvalue weighted by Crippen LogP contribution is -2.41. The van der Waals surface area contributed by atoms with Gasteiger partial charge in [0.25, 0.3) is 0 Å². The number of hydrogen-bond donors (Lipinski definition) is 0. The lowest BCUT2D eigenvalue weighted by atomic mass is 9.70. The summed E-state index contributed by atoms with van der Waals surface area (Å²) in [6.45, 7) is 16.9. The highest BCUT2D eigenvalue weighted by Gasteiger charge is 2.53. The summed E-state index contributed by atoms with van der Waals surface area (Å²) in [5.74, 6) is 0. The summed E-state index contributed by atoms with van der Waals surface area (Å²) >= 11 is 0. The SMILES string of the molecule is CC1(C)OB(c2c(CCc3ccc4ccccc4c3B3OC(C)(C)C(C)(C)O3)ccc3ccccc23)OC1(C)C. The maximum absolute atomic E-state index is 6.60. The van der Waals surface area contributed by atoms with E-state index < -0.39 is 36.6 Å². The van der Waals surface area contributed by atoms with Gasteiger partial charge in [-0.25, -0.2) is 0 Å². The molecule has 6 rings (SSSR count). The standard InChI is InChI=1S/C34H40B2O4/c1-31(2)32(3,4)38-35(37-31)29-25(19-17-23-13-9-11-15-27(23)29)21-22-26-20-18-24-14-10-12-16-28(24)30(26)36-39-33(5,6)34(7,8)40-36/h9-20H,21-22H2,1-8H3. The summed E-state index contributed by atoms with van der Waals surface area (Å²) in [4.78, 5) is 0. The van der Waals surface area contributed by atoms with Crippen molar-refractivity contribution in [3.05, 3.63) is 83.9 Å². The molecule has 0 amide bonds. The van der Waals surface area contributed by atoms with Crippen LogP contribution in [0.5, 0.6) is 0 Å². The molecule has 0 bridgehead atoms. The van der Waals surface area contributed by atoms with Crippen molar-refractivity contribution in [3.8, 4) is 0 Å². The van der Waals surface area contributed by atoms with Gasteiger partial charge >= 0.3 is 14.2 Å². The van der Waals surface area contributed by atoms with Crippen LogP contribution in [-0.4, -0.2) is 36.6 Å². The van der Waals surface area contributed by atoms with Gasteiger partial charge in [0.05, 0.1) is 22.4 Å². The molecule has 2 fully saturated rings. The van der Waals surface area contributed by atoms with Crippen molar-refractivity contribution in [2.75, 3.05) is 0 Å². The Kier molecular flexibility index (Phi) is 6.51. The third-order valence-electron chi connectivity index (χ3n) is 9.76. The van der Waals surface area contributed by atoms with E-state index in [0.29, 0.717) is 0 Å². The summed E-state index contributed by atoms with van der Waals surface area (Å²) < 4.78 is 26.4. The number of fused-ring (bicyclic) bond motifs is 2. The molecule has 0 aromatic heterocycles. The molecule has 2 heterocycles. The molecule has 2 aliphatic heterocycles. The Labute approximate surface area is 239 Å². The van der Waals surface area contributed by atoms with Gasteiger partial charge in [-0.1, -0.05) is 72.8 Å². The van der Waals surface area contributed by atoms with Crippen LogP contribution in [-0.2, 0) is 31.5 Å². The van der Waals surface area contributed by atoms with Crippen molar-refractivity contribution in [2.24, 2.45) is 0 Å². The molecular weight excluding hydrogens is 494 g/mol. The number of rotatable bonds is 5. The molecule has 40 heavy (non-hydrogen) atoms. The Morgan fingerprint density at radius 2 is 0.775 bits per heavy atom. The molecular formula is C34H40B2O4. The predicted molar refractivity (Wildman–Crippen MR) is 167 cm³/mol. The number of aryl methyl sites for hydroxylation is 2. The van der Waals surface area contributed by atoms with Crippen molar-refractivity contribution in [3.63, 3.8) is 0 Å². The number of benzene rings is 4. The van der Waals surface area contributed by atoms with Gasteiger partial charge in [-0.3, -0.25) is 0 Å². The molecule has 0 spiro atoms. The fourth-order valence-electron chi connectivity index (χ4n) is 5.87. The van der Waals surface area contributed by atoms with Gasteiger partial charge in [-0.15, -0.1) is 0 Å². The first-order valence-electron chi connectivity index (χ1n) is 14.5. The molecule has 4 nitrogen and oxygen atoms in total. The van der Waals surface area contributed by atoms with Crippen molar-refractivity contribution in [2.45, 2.75) is 90.6 Å². The van der Waals surface area contributed by atoms with E-state index in [1.165, 1.54) is 32.7 Å². The van der Waals surface area contributed by atoms with Crippen LogP contribution in [0.15, 0.2) is 72.8 Å². The van der Waals surface area contributed by atoms with E-state index in [0.717, 1.165) is 23.8 Å². The first-order chi connectivity index (χ1) is 18.8. The molecule has 206 valence electrons. The zero-order chi connectivity index (χ0) is 28.5. The Morgan fingerprint density at radius 3 is 1.12 bits per heavy atom. The normalized spacial score (nSPS) is 21.0. The highest BCUT2D eigenvalue weighted by molar-refractivity contribution is 6.66. The van der Waals surface area contributed by atoms with Crippen LogP contribution in [0.1, 0.15) is 66.5 Å². The van der Waals surface area contributed by atoms with Crippen LogP contribution in [0.4, 0.5) is 0 Å². The van der Waals surface area contributed by atoms with Gasteiger partial charge in [0.2, 0.25) is 0 Å². The van der Waals surface area contributed by atoms with E-state index in [-0.39, 0.29) is 0 Å². The topological polar surface area (TPSA) is 36.9 Å². The number of hydrogen-bond acceptors (Lipinski definition) is 4. The lowest BCUT2D eigenvalue weighted by Gasteiger charge is -2.32. The average molecular weight is 534 g/mol. The molecule has 0 saturated carbocycles. The summed E-state index contributed by atoms with van der Waals surface area (Å²) in [7, 11) is -0.851. The van der Waals surface area contributed by atoms with Crippen LogP contribution in [0.3, 0.4) is 0 Å². The van der Waals surface area contributed by atoms with E-state index in [1.807, 2.05) is 0 Å². The Morgan fingerprint density at radius 1 is 0.450 bits per heavy atom. The quantitative estimate of drug-likeness (QED) is 0.279. The van der Waals surface area contributed by atoms with Gasteiger partial charge in [-0.2, -0.15) is 0 Å². The predicted octanol–water partition coefficient (Wildman–Crippen LogP) is 6.38. The maximum Gasteiger partial charge on any atom is 0.495 e. The van der Waals surface area contributed by atoms with E-state index in [1.54, 1.807) is 0 Å². The molecule has 2 aliphatic rings. The third-order valence-corrected chi connectivity index (χ3v) is 9.76. The Balaban J connectivity index is 1.41. The fraction of sp³-hybridized carbons (Fsp3) is 0.412. The first-order valence-corrected chi connectivity index (χ1v) is 14.5. The lowest BCUT2D eigenvalue weighted by molar-refractivity contribution is 0.00578. The van der Waals surface area contributed by atoms with Crippen LogP contribution in [0.2, 0.25) is 0 Å². The fourth-order valence-corrected chi connectivity index (χ4v) is 5.87. The molecule has 2 saturated heterocycles. The smallest absolute Gasteiger partial charge is 0.399 e. The second kappa shape index (κ2) is 9.46. The average Bonchev–Trinajstić information content (AvgIpc) is 3.25. The zero-order valence-corrected chi connectivity index (χ0v) is 25.1. The van der Waals surface area contributed by atoms with Crippen molar-refractivity contribution >= 4 is 46.7 Å². The van der Waals surface area contributed by atoms with Crippen molar-refractivity contribution in [1.82, 2.24) is 0 Å². The highest BCUT2D eigenvalue weighted by Crippen LogP contribution is 2.39. The molecule has 4 aromatic rings. The van der Waals surface area contributed by atoms with E-state index in [9.17, 15) is 0 Å². The van der Waals surface area contributed by atoms with Gasteiger partial charge < -0.3 is 18.6 Å². The molecule has 0 N–H and O–H groups in total. The molecule has 4 aromatic carbocycles. The second-order valence-corrected chi connectivity index (χ2v) is 13.4.